The molecule has 0 spiro atoms. The predicted octanol–water partition coefficient (Wildman–Crippen LogP) is 1.07. The van der Waals surface area contributed by atoms with Crippen LogP contribution < -0.4 is 0 Å². The molecule has 0 saturated carbocycles. The molecular weight excluding hydrogens is 326 g/mol. The summed E-state index contributed by atoms with van der Waals surface area (Å²) < 4.78 is 25.1. The summed E-state index contributed by atoms with van der Waals surface area (Å²) in [5, 5.41) is 8.62. The van der Waals surface area contributed by atoms with E-state index in [0.29, 0.717) is 8.78 Å². The lowest BCUT2D eigenvalue weighted by Gasteiger charge is -2.18. The Balaban J connectivity index is 3.21. The number of amides is 1. The molecule has 1 aromatic rings. The van der Waals surface area contributed by atoms with E-state index in [9.17, 15) is 18.0 Å². The standard InChI is InChI=1S/C10H10BrNO5S/c1-7(13)12(6-10(14)15)18(16,17)9-4-2-8(11)3-5-9/h2-5H,6H2,1H3,(H,14,15). The molecule has 0 unspecified atom stereocenters. The van der Waals surface area contributed by atoms with Gasteiger partial charge in [0.2, 0.25) is 5.91 Å². The Hall–Kier alpha value is -1.41. The van der Waals surface area contributed by atoms with Gasteiger partial charge >= 0.3 is 5.97 Å². The Kier molecular flexibility index (Phi) is 4.47. The highest BCUT2D eigenvalue weighted by molar-refractivity contribution is 9.10. The lowest BCUT2D eigenvalue weighted by molar-refractivity contribution is -0.140. The smallest absolute Gasteiger partial charge is 0.324 e. The maximum Gasteiger partial charge on any atom is 0.324 e. The van der Waals surface area contributed by atoms with Crippen molar-refractivity contribution in [3.63, 3.8) is 0 Å². The average Bonchev–Trinajstić information content (AvgIpc) is 2.25. The van der Waals surface area contributed by atoms with Crippen molar-refractivity contribution in [2.24, 2.45) is 0 Å². The Bertz CT molecular complexity index is 566. The van der Waals surface area contributed by atoms with Gasteiger partial charge in [-0.1, -0.05) is 15.9 Å². The van der Waals surface area contributed by atoms with E-state index in [0.717, 1.165) is 6.92 Å². The third-order valence-corrected chi connectivity index (χ3v) is 4.39. The first-order valence-electron chi connectivity index (χ1n) is 4.76. The lowest BCUT2D eigenvalue weighted by Crippen LogP contribution is -2.39. The van der Waals surface area contributed by atoms with Gasteiger partial charge in [-0.05, 0) is 24.3 Å². The minimum Gasteiger partial charge on any atom is -0.480 e. The van der Waals surface area contributed by atoms with Crippen molar-refractivity contribution < 1.29 is 23.1 Å². The maximum atomic E-state index is 12.0. The van der Waals surface area contributed by atoms with E-state index in [2.05, 4.69) is 15.9 Å². The van der Waals surface area contributed by atoms with Gasteiger partial charge in [0.15, 0.2) is 0 Å². The summed E-state index contributed by atoms with van der Waals surface area (Å²) in [6.07, 6.45) is 0. The van der Waals surface area contributed by atoms with Gasteiger partial charge in [-0.25, -0.2) is 12.7 Å². The molecule has 1 aromatic carbocycles. The monoisotopic (exact) mass is 335 g/mol. The van der Waals surface area contributed by atoms with E-state index in [4.69, 9.17) is 5.11 Å². The minimum absolute atomic E-state index is 0.137. The zero-order chi connectivity index (χ0) is 13.9. The van der Waals surface area contributed by atoms with Crippen molar-refractivity contribution in [2.45, 2.75) is 11.8 Å². The van der Waals surface area contributed by atoms with Crippen LogP contribution in [-0.2, 0) is 19.6 Å². The summed E-state index contributed by atoms with van der Waals surface area (Å²) in [5.74, 6) is -2.24. The molecule has 0 radical (unpaired) electrons. The number of carbonyl (C=O) groups is 2. The first kappa shape index (κ1) is 14.7. The van der Waals surface area contributed by atoms with Crippen LogP contribution in [0.25, 0.3) is 0 Å². The van der Waals surface area contributed by atoms with Gasteiger partial charge in [0, 0.05) is 11.4 Å². The SMILES string of the molecule is CC(=O)N(CC(=O)O)S(=O)(=O)c1ccc(Br)cc1. The van der Waals surface area contributed by atoms with Crippen LogP contribution in [0.15, 0.2) is 33.6 Å². The molecule has 8 heteroatoms. The number of aliphatic carboxylic acids is 1. The van der Waals surface area contributed by atoms with Crippen molar-refractivity contribution in [1.82, 2.24) is 4.31 Å². The maximum absolute atomic E-state index is 12.0. The highest BCUT2D eigenvalue weighted by Crippen LogP contribution is 2.18. The number of nitrogens with zero attached hydrogens (tertiary/aromatic N) is 1. The van der Waals surface area contributed by atoms with Crippen molar-refractivity contribution >= 4 is 37.8 Å². The Labute approximate surface area is 112 Å². The summed E-state index contributed by atoms with van der Waals surface area (Å²) in [6.45, 7) is 0.104. The van der Waals surface area contributed by atoms with Gasteiger partial charge in [0.1, 0.15) is 6.54 Å². The van der Waals surface area contributed by atoms with E-state index >= 15 is 0 Å². The van der Waals surface area contributed by atoms with Crippen LogP contribution in [0.4, 0.5) is 0 Å². The van der Waals surface area contributed by atoms with Crippen LogP contribution in [0.1, 0.15) is 6.92 Å². The average molecular weight is 336 g/mol. The molecule has 1 N–H and O–H groups in total. The predicted molar refractivity (Wildman–Crippen MR) is 66.4 cm³/mol. The third kappa shape index (κ3) is 3.30. The van der Waals surface area contributed by atoms with Crippen molar-refractivity contribution in [1.29, 1.82) is 0 Å². The number of hydrogen-bond acceptors (Lipinski definition) is 4. The molecule has 0 aliphatic carbocycles. The molecule has 0 bridgehead atoms. The number of halogens is 1. The van der Waals surface area contributed by atoms with E-state index in [1.807, 2.05) is 0 Å². The van der Waals surface area contributed by atoms with Gasteiger partial charge < -0.3 is 5.11 Å². The number of sulfonamides is 1. The number of rotatable bonds is 4. The van der Waals surface area contributed by atoms with Gasteiger partial charge in [-0.3, -0.25) is 9.59 Å². The zero-order valence-corrected chi connectivity index (χ0v) is 11.7. The van der Waals surface area contributed by atoms with Crippen LogP contribution >= 0.6 is 15.9 Å². The van der Waals surface area contributed by atoms with Gasteiger partial charge in [0.25, 0.3) is 10.0 Å². The number of carboxylic acids is 1. The van der Waals surface area contributed by atoms with Gasteiger partial charge in [-0.15, -0.1) is 0 Å². The van der Waals surface area contributed by atoms with Gasteiger partial charge in [0.05, 0.1) is 4.90 Å². The first-order valence-corrected chi connectivity index (χ1v) is 6.99. The number of carboxylic acid groups (broad SMARTS) is 1. The number of carbonyl (C=O) groups excluding carboxylic acids is 1. The largest absolute Gasteiger partial charge is 0.480 e. The molecule has 0 aromatic heterocycles. The summed E-state index contributed by atoms with van der Waals surface area (Å²) >= 11 is 3.15. The summed E-state index contributed by atoms with van der Waals surface area (Å²) in [6, 6.07) is 5.56. The molecule has 0 aliphatic rings. The topological polar surface area (TPSA) is 91.8 Å². The quantitative estimate of drug-likeness (QED) is 0.888. The molecular formula is C10H10BrNO5S. The van der Waals surface area contributed by atoms with Crippen molar-refractivity contribution in [3.8, 4) is 0 Å². The Morgan fingerprint density at radius 3 is 2.17 bits per heavy atom. The van der Waals surface area contributed by atoms with Gasteiger partial charge in [-0.2, -0.15) is 0 Å². The molecule has 0 aliphatic heterocycles. The lowest BCUT2D eigenvalue weighted by atomic mass is 10.4. The fourth-order valence-electron chi connectivity index (χ4n) is 1.22. The first-order chi connectivity index (χ1) is 8.25. The fourth-order valence-corrected chi connectivity index (χ4v) is 2.84. The highest BCUT2D eigenvalue weighted by Gasteiger charge is 2.28. The van der Waals surface area contributed by atoms with Crippen LogP contribution in [0, 0.1) is 0 Å². The fraction of sp³-hybridized carbons (Fsp3) is 0.200. The minimum atomic E-state index is -4.13. The molecule has 0 heterocycles. The molecule has 98 valence electrons. The van der Waals surface area contributed by atoms with Crippen molar-refractivity contribution in [3.05, 3.63) is 28.7 Å². The van der Waals surface area contributed by atoms with Crippen LogP contribution in [0.3, 0.4) is 0 Å². The molecule has 18 heavy (non-hydrogen) atoms. The second-order valence-electron chi connectivity index (χ2n) is 3.38. The Morgan fingerprint density at radius 2 is 1.78 bits per heavy atom. The highest BCUT2D eigenvalue weighted by atomic mass is 79.9. The molecule has 1 rings (SSSR count). The molecule has 0 saturated heterocycles. The van der Waals surface area contributed by atoms with Crippen LogP contribution in [-0.4, -0.2) is 36.3 Å². The molecule has 1 amide bonds. The third-order valence-electron chi connectivity index (χ3n) is 2.03. The van der Waals surface area contributed by atoms with Crippen molar-refractivity contribution in [2.75, 3.05) is 6.54 Å². The van der Waals surface area contributed by atoms with E-state index in [1.54, 1.807) is 0 Å². The molecule has 6 nitrogen and oxygen atoms in total. The van der Waals surface area contributed by atoms with E-state index in [-0.39, 0.29) is 4.90 Å². The summed E-state index contributed by atoms with van der Waals surface area (Å²) in [4.78, 5) is 21.7. The van der Waals surface area contributed by atoms with E-state index < -0.39 is 28.4 Å². The summed E-state index contributed by atoms with van der Waals surface area (Å²) in [7, 11) is -4.13. The number of hydrogen-bond donors (Lipinski definition) is 1. The summed E-state index contributed by atoms with van der Waals surface area (Å²) in [5.41, 5.74) is 0. The number of benzene rings is 1. The normalized spacial score (nSPS) is 11.0. The second-order valence-corrected chi connectivity index (χ2v) is 6.16. The Morgan fingerprint density at radius 1 is 1.28 bits per heavy atom. The van der Waals surface area contributed by atoms with Crippen LogP contribution in [0.5, 0.6) is 0 Å². The van der Waals surface area contributed by atoms with Crippen LogP contribution in [0.2, 0.25) is 0 Å². The zero-order valence-electron chi connectivity index (χ0n) is 9.33. The second kappa shape index (κ2) is 5.49. The van der Waals surface area contributed by atoms with E-state index in [1.165, 1.54) is 24.3 Å². The molecule has 0 atom stereocenters. The molecule has 0 fully saturated rings.